The molecule has 2 N–H and O–H groups in total. The molecule has 3 saturated heterocycles. The number of rotatable bonds is 9. The van der Waals surface area contributed by atoms with Crippen molar-refractivity contribution < 1.29 is 50.8 Å². The molecule has 1 spiro atoms. The van der Waals surface area contributed by atoms with Crippen LogP contribution in [0.2, 0.25) is 0 Å². The summed E-state index contributed by atoms with van der Waals surface area (Å²) < 4.78 is 93.8. The summed E-state index contributed by atoms with van der Waals surface area (Å²) in [7, 11) is 0. The van der Waals surface area contributed by atoms with Crippen molar-refractivity contribution in [1.82, 2.24) is 10.2 Å². The molecule has 1 amide bonds. The second-order valence-electron chi connectivity index (χ2n) is 13.2. The topological polar surface area (TPSA) is 89.5 Å². The third-order valence-corrected chi connectivity index (χ3v) is 9.84. The zero-order valence-electron chi connectivity index (χ0n) is 28.1. The van der Waals surface area contributed by atoms with E-state index in [0.29, 0.717) is 31.7 Å². The Kier molecular flexibility index (Phi) is 10.7. The highest BCUT2D eigenvalue weighted by Crippen LogP contribution is 2.39. The normalized spacial score (nSPS) is 21.8. The number of carbonyl (C=O) groups is 1. The maximum atomic E-state index is 14.1. The van der Waals surface area contributed by atoms with Crippen molar-refractivity contribution >= 4 is 5.91 Å². The number of benzene rings is 4. The van der Waals surface area contributed by atoms with E-state index in [4.69, 9.17) is 18.9 Å². The number of likely N-dealkylation sites (tertiary alicyclic amines) is 1. The van der Waals surface area contributed by atoms with Gasteiger partial charge in [0.05, 0.1) is 32.0 Å². The van der Waals surface area contributed by atoms with Crippen molar-refractivity contribution in [2.45, 2.75) is 56.7 Å². The number of amides is 1. The Morgan fingerprint density at radius 2 is 1.40 bits per heavy atom. The molecule has 7 rings (SSSR count). The van der Waals surface area contributed by atoms with E-state index in [2.05, 4.69) is 10.2 Å². The molecule has 0 radical (unpaired) electrons. The summed E-state index contributed by atoms with van der Waals surface area (Å²) in [5.74, 6) is -13.0. The predicted octanol–water partition coefficient (Wildman–Crippen LogP) is 6.86. The smallest absolute Gasteiger partial charge is 0.257 e. The van der Waals surface area contributed by atoms with Crippen LogP contribution < -0.4 is 5.32 Å². The van der Waals surface area contributed by atoms with Gasteiger partial charge in [0.2, 0.25) is 5.82 Å². The van der Waals surface area contributed by atoms with E-state index < -0.39 is 52.6 Å². The molecule has 3 heterocycles. The highest BCUT2D eigenvalue weighted by atomic mass is 19.2. The third kappa shape index (κ3) is 7.61. The van der Waals surface area contributed by atoms with Gasteiger partial charge in [0.15, 0.2) is 35.3 Å². The summed E-state index contributed by atoms with van der Waals surface area (Å²) in [6.07, 6.45) is 1.21. The number of halogens is 5. The molecule has 52 heavy (non-hydrogen) atoms. The molecular formula is C39H37F5N2O6. The molecule has 0 bridgehead atoms. The minimum atomic E-state index is -2.33. The molecule has 274 valence electrons. The predicted molar refractivity (Wildman–Crippen MR) is 178 cm³/mol. The summed E-state index contributed by atoms with van der Waals surface area (Å²) in [5.41, 5.74) is 3.18. The minimum absolute atomic E-state index is 0.0493. The van der Waals surface area contributed by atoms with Crippen LogP contribution in [0.5, 0.6) is 0 Å². The number of nitrogens with one attached hydrogen (secondary N) is 1. The number of aliphatic hydroxyl groups is 1. The van der Waals surface area contributed by atoms with Gasteiger partial charge >= 0.3 is 0 Å². The van der Waals surface area contributed by atoms with E-state index in [9.17, 15) is 31.9 Å². The summed E-state index contributed by atoms with van der Waals surface area (Å²) in [6.45, 7) is 3.35. The van der Waals surface area contributed by atoms with Crippen LogP contribution in [0.3, 0.4) is 0 Å². The molecule has 13 heteroatoms. The summed E-state index contributed by atoms with van der Waals surface area (Å²) >= 11 is 0. The zero-order valence-corrected chi connectivity index (χ0v) is 28.1. The van der Waals surface area contributed by atoms with Crippen molar-refractivity contribution in [1.29, 1.82) is 0 Å². The monoisotopic (exact) mass is 724 g/mol. The van der Waals surface area contributed by atoms with E-state index in [1.165, 1.54) is 0 Å². The molecule has 0 unspecified atom stereocenters. The average molecular weight is 725 g/mol. The maximum absolute atomic E-state index is 14.1. The molecular weight excluding hydrogens is 687 g/mol. The number of piperidine rings is 1. The van der Waals surface area contributed by atoms with Crippen LogP contribution in [0.15, 0.2) is 72.8 Å². The van der Waals surface area contributed by atoms with Gasteiger partial charge in [-0.25, -0.2) is 22.0 Å². The van der Waals surface area contributed by atoms with Gasteiger partial charge in [0.1, 0.15) is 5.56 Å². The first-order chi connectivity index (χ1) is 25.1. The Morgan fingerprint density at radius 3 is 2.06 bits per heavy atom. The van der Waals surface area contributed by atoms with Crippen molar-refractivity contribution in [2.75, 3.05) is 32.8 Å². The van der Waals surface area contributed by atoms with Gasteiger partial charge < -0.3 is 34.3 Å². The molecule has 4 aromatic rings. The lowest BCUT2D eigenvalue weighted by molar-refractivity contribution is -0.255. The Labute approximate surface area is 297 Å². The lowest BCUT2D eigenvalue weighted by Crippen LogP contribution is -2.48. The largest absolute Gasteiger partial charge is 0.392 e. The quantitative estimate of drug-likeness (QED) is 0.111. The number of aliphatic hydroxyl groups excluding tert-OH is 1. The van der Waals surface area contributed by atoms with Crippen LogP contribution in [0.4, 0.5) is 22.0 Å². The molecule has 3 fully saturated rings. The lowest BCUT2D eigenvalue weighted by Gasteiger charge is -2.41. The Morgan fingerprint density at radius 1 is 0.769 bits per heavy atom. The molecule has 0 aliphatic carbocycles. The number of carbonyl (C=O) groups excluding carboxylic acids is 1. The second kappa shape index (κ2) is 15.4. The van der Waals surface area contributed by atoms with Crippen LogP contribution in [-0.4, -0.2) is 60.7 Å². The Balaban J connectivity index is 1.04. The van der Waals surface area contributed by atoms with Crippen LogP contribution in [-0.2, 0) is 32.1 Å². The molecule has 8 nitrogen and oxygen atoms in total. The maximum Gasteiger partial charge on any atom is 0.257 e. The van der Waals surface area contributed by atoms with Gasteiger partial charge in [0, 0.05) is 51.0 Å². The van der Waals surface area contributed by atoms with Gasteiger partial charge in [-0.1, -0.05) is 66.7 Å². The Bertz CT molecular complexity index is 1870. The van der Waals surface area contributed by atoms with Crippen LogP contribution >= 0.6 is 0 Å². The third-order valence-electron chi connectivity index (χ3n) is 9.84. The molecule has 3 aliphatic heterocycles. The van der Waals surface area contributed by atoms with E-state index in [1.807, 2.05) is 54.6 Å². The van der Waals surface area contributed by atoms with Gasteiger partial charge in [-0.2, -0.15) is 0 Å². The SMILES string of the molecule is O=C(NCc1cccc(-c2ccc([C@@H]3O[C@H](CN4CCC5(CC4)OCCO5)C[C@H](c4ccc(CO)cc4)O3)cc2)c1)c1c(F)c(F)c(F)c(F)c1F. The van der Waals surface area contributed by atoms with E-state index in [0.717, 1.165) is 53.7 Å². The second-order valence-corrected chi connectivity index (χ2v) is 13.2. The molecule has 3 aliphatic rings. The van der Waals surface area contributed by atoms with Crippen molar-refractivity contribution in [3.8, 4) is 11.1 Å². The summed E-state index contributed by atoms with van der Waals surface area (Å²) in [5, 5.41) is 11.8. The first-order valence-electron chi connectivity index (χ1n) is 17.1. The van der Waals surface area contributed by atoms with Crippen molar-refractivity contribution in [3.05, 3.63) is 130 Å². The highest BCUT2D eigenvalue weighted by molar-refractivity contribution is 5.94. The standard InChI is InChI=1S/C39H37F5N2O6/c40-32-31(33(41)35(43)36(44)34(32)42)37(48)45-20-24-2-1-3-28(18-24)25-8-10-27(11-9-25)38-51-29(19-30(52-38)26-6-4-23(22-47)5-7-26)21-46-14-12-39(13-15-46)49-16-17-50-39/h1-11,18,29-30,38,47H,12-17,19-22H2,(H,45,48)/t29-,30+,38+/m0/s1. The lowest BCUT2D eigenvalue weighted by atomic mass is 9.98. The van der Waals surface area contributed by atoms with Gasteiger partial charge in [-0.15, -0.1) is 0 Å². The first kappa shape index (κ1) is 36.1. The van der Waals surface area contributed by atoms with E-state index in [1.54, 1.807) is 18.2 Å². The number of hydrogen-bond donors (Lipinski definition) is 2. The van der Waals surface area contributed by atoms with E-state index >= 15 is 0 Å². The molecule has 0 saturated carbocycles. The summed E-state index contributed by atoms with van der Waals surface area (Å²) in [6, 6.07) is 22.3. The fourth-order valence-corrected chi connectivity index (χ4v) is 6.95. The van der Waals surface area contributed by atoms with Gasteiger partial charge in [-0.05, 0) is 33.9 Å². The fourth-order valence-electron chi connectivity index (χ4n) is 6.95. The van der Waals surface area contributed by atoms with Crippen LogP contribution in [0, 0.1) is 29.1 Å². The Hall–Kier alpha value is -4.24. The number of nitrogens with zero attached hydrogens (tertiary/aromatic N) is 1. The molecule has 3 atom stereocenters. The summed E-state index contributed by atoms with van der Waals surface area (Å²) in [4.78, 5) is 14.8. The van der Waals surface area contributed by atoms with Gasteiger partial charge in [-0.3, -0.25) is 4.79 Å². The fraction of sp³-hybridized carbons (Fsp3) is 0.359. The first-order valence-corrected chi connectivity index (χ1v) is 17.1. The number of hydrogen-bond acceptors (Lipinski definition) is 7. The van der Waals surface area contributed by atoms with E-state index in [-0.39, 0.29) is 25.4 Å². The van der Waals surface area contributed by atoms with Gasteiger partial charge in [0.25, 0.3) is 5.91 Å². The number of ether oxygens (including phenoxy) is 4. The molecule has 4 aromatic carbocycles. The highest BCUT2D eigenvalue weighted by Gasteiger charge is 2.41. The van der Waals surface area contributed by atoms with Crippen molar-refractivity contribution in [2.24, 2.45) is 0 Å². The molecule has 0 aromatic heterocycles. The van der Waals surface area contributed by atoms with Crippen molar-refractivity contribution in [3.63, 3.8) is 0 Å². The minimum Gasteiger partial charge on any atom is -0.392 e. The van der Waals surface area contributed by atoms with Crippen LogP contribution in [0.1, 0.15) is 64.3 Å². The zero-order chi connectivity index (χ0) is 36.4. The van der Waals surface area contributed by atoms with Crippen LogP contribution in [0.25, 0.3) is 11.1 Å². The average Bonchev–Trinajstić information content (AvgIpc) is 3.64.